The quantitative estimate of drug-likeness (QED) is 0.427. The maximum absolute atomic E-state index is 13.7. The van der Waals surface area contributed by atoms with E-state index in [2.05, 4.69) is 9.71 Å². The van der Waals surface area contributed by atoms with E-state index in [4.69, 9.17) is 0 Å². The minimum absolute atomic E-state index is 0.0426. The molecule has 0 radical (unpaired) electrons. The first-order valence-corrected chi connectivity index (χ1v) is 11.4. The SMILES string of the molecule is CC(C)NS(=O)(=O)c1[nH]c2ccccc2c1C(c1ccc(F)cc1)c1ccc(F)cc1. The van der Waals surface area contributed by atoms with Gasteiger partial charge >= 0.3 is 0 Å². The molecule has 0 bridgehead atoms. The number of hydrogen-bond acceptors (Lipinski definition) is 2. The summed E-state index contributed by atoms with van der Waals surface area (Å²) >= 11 is 0. The highest BCUT2D eigenvalue weighted by molar-refractivity contribution is 7.89. The molecule has 4 rings (SSSR count). The maximum Gasteiger partial charge on any atom is 0.256 e. The molecule has 0 atom stereocenters. The van der Waals surface area contributed by atoms with Crippen molar-refractivity contribution < 1.29 is 17.2 Å². The number of aromatic amines is 1. The van der Waals surface area contributed by atoms with Crippen LogP contribution in [0.1, 0.15) is 36.5 Å². The predicted molar refractivity (Wildman–Crippen MR) is 118 cm³/mol. The molecule has 0 saturated heterocycles. The average molecular weight is 441 g/mol. The van der Waals surface area contributed by atoms with Crippen LogP contribution in [0.2, 0.25) is 0 Å². The van der Waals surface area contributed by atoms with Gasteiger partial charge in [-0.15, -0.1) is 0 Å². The summed E-state index contributed by atoms with van der Waals surface area (Å²) < 4.78 is 56.4. The van der Waals surface area contributed by atoms with E-state index in [-0.39, 0.29) is 11.1 Å². The summed E-state index contributed by atoms with van der Waals surface area (Å²) in [5, 5.41) is 0.770. The molecule has 0 amide bonds. The Morgan fingerprint density at radius 1 is 0.806 bits per heavy atom. The van der Waals surface area contributed by atoms with Crippen molar-refractivity contribution in [2.45, 2.75) is 30.8 Å². The fourth-order valence-corrected chi connectivity index (χ4v) is 5.34. The molecule has 4 aromatic rings. The predicted octanol–water partition coefficient (Wildman–Crippen LogP) is 5.31. The van der Waals surface area contributed by atoms with Gasteiger partial charge in [-0.05, 0) is 55.3 Å². The Kier molecular flexibility index (Phi) is 5.64. The lowest BCUT2D eigenvalue weighted by molar-refractivity contribution is 0.565. The van der Waals surface area contributed by atoms with Crippen molar-refractivity contribution in [1.82, 2.24) is 9.71 Å². The van der Waals surface area contributed by atoms with Gasteiger partial charge in [0.05, 0.1) is 0 Å². The first kappa shape index (κ1) is 21.2. The van der Waals surface area contributed by atoms with E-state index in [1.807, 2.05) is 18.2 Å². The molecule has 0 unspecified atom stereocenters. The monoisotopic (exact) mass is 440 g/mol. The molecule has 1 heterocycles. The standard InChI is InChI=1S/C24H22F2N2O2S/c1-15(2)28-31(29,30)24-23(20-5-3-4-6-21(20)27-24)22(16-7-11-18(25)12-8-16)17-9-13-19(26)14-10-17/h3-15,22,27-28H,1-2H3. The molecule has 31 heavy (non-hydrogen) atoms. The van der Waals surface area contributed by atoms with Gasteiger partial charge in [-0.3, -0.25) is 0 Å². The molecule has 0 spiro atoms. The van der Waals surface area contributed by atoms with Crippen LogP contribution in [-0.4, -0.2) is 19.4 Å². The summed E-state index contributed by atoms with van der Waals surface area (Å²) in [6.45, 7) is 3.49. The minimum Gasteiger partial charge on any atom is -0.344 e. The van der Waals surface area contributed by atoms with Crippen molar-refractivity contribution in [1.29, 1.82) is 0 Å². The van der Waals surface area contributed by atoms with Gasteiger partial charge in [-0.1, -0.05) is 42.5 Å². The van der Waals surface area contributed by atoms with Gasteiger partial charge < -0.3 is 4.98 Å². The zero-order chi connectivity index (χ0) is 22.2. The van der Waals surface area contributed by atoms with Gasteiger partial charge in [0.15, 0.2) is 5.03 Å². The second-order valence-electron chi connectivity index (χ2n) is 7.73. The summed E-state index contributed by atoms with van der Waals surface area (Å²) in [4.78, 5) is 3.05. The first-order chi connectivity index (χ1) is 14.8. The lowest BCUT2D eigenvalue weighted by Crippen LogP contribution is -2.31. The van der Waals surface area contributed by atoms with Crippen LogP contribution in [0, 0.1) is 11.6 Å². The Morgan fingerprint density at radius 3 is 1.84 bits per heavy atom. The van der Waals surface area contributed by atoms with Crippen molar-refractivity contribution in [3.8, 4) is 0 Å². The van der Waals surface area contributed by atoms with Crippen LogP contribution in [0.4, 0.5) is 8.78 Å². The van der Waals surface area contributed by atoms with Crippen molar-refractivity contribution in [3.05, 3.63) is 101 Å². The smallest absolute Gasteiger partial charge is 0.256 e. The highest BCUT2D eigenvalue weighted by Gasteiger charge is 2.30. The molecule has 0 aliphatic rings. The summed E-state index contributed by atoms with van der Waals surface area (Å²) in [5.74, 6) is -1.35. The number of sulfonamides is 1. The lowest BCUT2D eigenvalue weighted by Gasteiger charge is -2.21. The molecule has 7 heteroatoms. The van der Waals surface area contributed by atoms with Crippen LogP contribution < -0.4 is 4.72 Å². The molecule has 0 aliphatic carbocycles. The molecule has 3 aromatic carbocycles. The van der Waals surface area contributed by atoms with Crippen LogP contribution in [0.3, 0.4) is 0 Å². The molecule has 0 fully saturated rings. The number of rotatable bonds is 6. The van der Waals surface area contributed by atoms with Gasteiger partial charge in [0.2, 0.25) is 0 Å². The van der Waals surface area contributed by atoms with E-state index >= 15 is 0 Å². The second-order valence-corrected chi connectivity index (χ2v) is 9.38. The van der Waals surface area contributed by atoms with Crippen molar-refractivity contribution in [2.24, 2.45) is 0 Å². The van der Waals surface area contributed by atoms with Gasteiger partial charge in [0.1, 0.15) is 11.6 Å². The highest BCUT2D eigenvalue weighted by atomic mass is 32.2. The third-order valence-corrected chi connectivity index (χ3v) is 6.71. The minimum atomic E-state index is -3.88. The van der Waals surface area contributed by atoms with Gasteiger partial charge in [-0.2, -0.15) is 0 Å². The number of benzene rings is 3. The van der Waals surface area contributed by atoms with Crippen LogP contribution in [0.5, 0.6) is 0 Å². The zero-order valence-corrected chi connectivity index (χ0v) is 17.9. The third-order valence-electron chi connectivity index (χ3n) is 5.06. The third kappa shape index (κ3) is 4.24. The lowest BCUT2D eigenvalue weighted by atomic mass is 9.85. The Balaban J connectivity index is 2.04. The van der Waals surface area contributed by atoms with Crippen LogP contribution >= 0.6 is 0 Å². The molecular formula is C24H22F2N2O2S. The van der Waals surface area contributed by atoms with Gasteiger partial charge in [0.25, 0.3) is 10.0 Å². The largest absolute Gasteiger partial charge is 0.344 e. The molecule has 1 aromatic heterocycles. The van der Waals surface area contributed by atoms with Crippen molar-refractivity contribution in [2.75, 3.05) is 0 Å². The van der Waals surface area contributed by atoms with E-state index in [0.29, 0.717) is 22.2 Å². The van der Waals surface area contributed by atoms with Gasteiger partial charge in [-0.25, -0.2) is 21.9 Å². The van der Waals surface area contributed by atoms with E-state index in [9.17, 15) is 17.2 Å². The molecule has 160 valence electrons. The Labute approximate surface area is 180 Å². The molecule has 2 N–H and O–H groups in total. The summed E-state index contributed by atoms with van der Waals surface area (Å²) in [5.41, 5.74) is 2.58. The number of hydrogen-bond donors (Lipinski definition) is 2. The number of halogens is 2. The molecule has 4 nitrogen and oxygen atoms in total. The van der Waals surface area contributed by atoms with E-state index in [0.717, 1.165) is 5.39 Å². The van der Waals surface area contributed by atoms with Crippen molar-refractivity contribution in [3.63, 3.8) is 0 Å². The second kappa shape index (κ2) is 8.24. The fourth-order valence-electron chi connectivity index (χ4n) is 3.84. The van der Waals surface area contributed by atoms with E-state index in [1.165, 1.54) is 24.3 Å². The Bertz CT molecular complexity index is 1270. The van der Waals surface area contributed by atoms with Crippen LogP contribution in [-0.2, 0) is 10.0 Å². The number of H-pyrrole nitrogens is 1. The summed E-state index contributed by atoms with van der Waals surface area (Å²) in [6.07, 6.45) is 0. The average Bonchev–Trinajstić information content (AvgIpc) is 3.11. The number of fused-ring (bicyclic) bond motifs is 1. The molecular weight excluding hydrogens is 418 g/mol. The number of nitrogens with one attached hydrogen (secondary N) is 2. The Morgan fingerprint density at radius 2 is 1.32 bits per heavy atom. The highest BCUT2D eigenvalue weighted by Crippen LogP contribution is 2.40. The van der Waals surface area contributed by atoms with E-state index < -0.39 is 27.6 Å². The van der Waals surface area contributed by atoms with Gasteiger partial charge in [0, 0.05) is 28.4 Å². The van der Waals surface area contributed by atoms with E-state index in [1.54, 1.807) is 44.2 Å². The topological polar surface area (TPSA) is 62.0 Å². The fraction of sp³-hybridized carbons (Fsp3) is 0.167. The normalized spacial score (nSPS) is 12.2. The number of para-hydroxylation sites is 1. The summed E-state index contributed by atoms with van der Waals surface area (Å²) in [6, 6.07) is 18.8. The zero-order valence-electron chi connectivity index (χ0n) is 17.1. The first-order valence-electron chi connectivity index (χ1n) is 9.90. The maximum atomic E-state index is 13.7. The summed E-state index contributed by atoms with van der Waals surface area (Å²) in [7, 11) is -3.88. The number of aromatic nitrogens is 1. The van der Waals surface area contributed by atoms with Crippen LogP contribution in [0.15, 0.2) is 77.8 Å². The van der Waals surface area contributed by atoms with Crippen molar-refractivity contribution >= 4 is 20.9 Å². The molecule has 0 aliphatic heterocycles. The van der Waals surface area contributed by atoms with Crippen LogP contribution in [0.25, 0.3) is 10.9 Å². The molecule has 0 saturated carbocycles. The Hall–Kier alpha value is -3.03.